The highest BCUT2D eigenvalue weighted by molar-refractivity contribution is 5.77. The highest BCUT2D eigenvalue weighted by Crippen LogP contribution is 2.22. The monoisotopic (exact) mass is 263 g/mol. The topological polar surface area (TPSA) is 67.6 Å². The summed E-state index contributed by atoms with van der Waals surface area (Å²) >= 11 is 0. The molecule has 1 fully saturated rings. The number of carbonyl (C=O) groups is 1. The molecule has 0 radical (unpaired) electrons. The van der Waals surface area contributed by atoms with Crippen LogP contribution in [0, 0.1) is 6.92 Å². The summed E-state index contributed by atoms with van der Waals surface area (Å²) in [5.74, 6) is 0.169. The van der Waals surface area contributed by atoms with Gasteiger partial charge in [-0.05, 0) is 18.6 Å². The molecule has 1 heterocycles. The molecular weight excluding hydrogens is 242 g/mol. The Morgan fingerprint density at radius 1 is 1.42 bits per heavy atom. The number of para-hydroxylation sites is 1. The Balaban J connectivity index is 1.81. The molecule has 0 atom stereocenters. The van der Waals surface area contributed by atoms with Gasteiger partial charge in [-0.3, -0.25) is 4.79 Å². The van der Waals surface area contributed by atoms with Gasteiger partial charge in [-0.2, -0.15) is 0 Å². The minimum absolute atomic E-state index is 0.169. The van der Waals surface area contributed by atoms with Crippen molar-refractivity contribution in [3.05, 3.63) is 23.8 Å². The number of nitrogens with one attached hydrogen (secondary N) is 1. The highest BCUT2D eigenvalue weighted by atomic mass is 16.5. The molecule has 3 N–H and O–H groups in total. The number of anilines is 2. The third kappa shape index (κ3) is 3.61. The summed E-state index contributed by atoms with van der Waals surface area (Å²) in [7, 11) is 0. The number of nitrogens with two attached hydrogens (primary N) is 1. The molecule has 0 saturated carbocycles. The average Bonchev–Trinajstić information content (AvgIpc) is 2.43. The van der Waals surface area contributed by atoms with E-state index in [-0.39, 0.29) is 5.91 Å². The Bertz CT molecular complexity index is 422. The van der Waals surface area contributed by atoms with Gasteiger partial charge in [0, 0.05) is 26.1 Å². The standard InChI is InChI=1S/C14H21N3O2/c1-11-3-2-4-12(15)14(11)16-6-5-13(18)17-7-9-19-10-8-17/h2-4,16H,5-10,15H2,1H3. The number of aryl methyl sites for hydroxylation is 1. The van der Waals surface area contributed by atoms with Gasteiger partial charge in [-0.25, -0.2) is 0 Å². The van der Waals surface area contributed by atoms with Gasteiger partial charge in [0.05, 0.1) is 24.6 Å². The predicted molar refractivity (Wildman–Crippen MR) is 76.1 cm³/mol. The van der Waals surface area contributed by atoms with Gasteiger partial charge >= 0.3 is 0 Å². The lowest BCUT2D eigenvalue weighted by atomic mass is 10.1. The van der Waals surface area contributed by atoms with E-state index < -0.39 is 0 Å². The minimum atomic E-state index is 0.169. The Kier molecular flexibility index (Phi) is 4.63. The minimum Gasteiger partial charge on any atom is -0.397 e. The quantitative estimate of drug-likeness (QED) is 0.802. The fourth-order valence-corrected chi connectivity index (χ4v) is 2.20. The van der Waals surface area contributed by atoms with Gasteiger partial charge < -0.3 is 20.7 Å². The molecular formula is C14H21N3O2. The summed E-state index contributed by atoms with van der Waals surface area (Å²) in [4.78, 5) is 13.8. The number of nitrogens with zero attached hydrogens (tertiary/aromatic N) is 1. The summed E-state index contributed by atoms with van der Waals surface area (Å²) in [6, 6.07) is 5.79. The van der Waals surface area contributed by atoms with Crippen molar-refractivity contribution in [2.75, 3.05) is 43.9 Å². The van der Waals surface area contributed by atoms with E-state index in [0.717, 1.165) is 16.9 Å². The van der Waals surface area contributed by atoms with Gasteiger partial charge in [-0.15, -0.1) is 0 Å². The van der Waals surface area contributed by atoms with E-state index in [9.17, 15) is 4.79 Å². The summed E-state index contributed by atoms with van der Waals surface area (Å²) in [6.07, 6.45) is 0.480. The van der Waals surface area contributed by atoms with E-state index in [0.29, 0.717) is 39.3 Å². The molecule has 1 aliphatic heterocycles. The van der Waals surface area contributed by atoms with E-state index >= 15 is 0 Å². The third-order valence-corrected chi connectivity index (χ3v) is 3.31. The van der Waals surface area contributed by atoms with Crippen LogP contribution in [-0.4, -0.2) is 43.7 Å². The van der Waals surface area contributed by atoms with Crippen LogP contribution in [0.2, 0.25) is 0 Å². The average molecular weight is 263 g/mol. The Morgan fingerprint density at radius 2 is 2.16 bits per heavy atom. The lowest BCUT2D eigenvalue weighted by molar-refractivity contribution is -0.134. The summed E-state index contributed by atoms with van der Waals surface area (Å²) in [6.45, 7) is 5.29. The number of rotatable bonds is 4. The zero-order valence-electron chi connectivity index (χ0n) is 11.3. The van der Waals surface area contributed by atoms with Crippen molar-refractivity contribution in [2.24, 2.45) is 0 Å². The molecule has 1 saturated heterocycles. The van der Waals surface area contributed by atoms with Crippen molar-refractivity contribution < 1.29 is 9.53 Å². The van der Waals surface area contributed by atoms with Gasteiger partial charge in [-0.1, -0.05) is 12.1 Å². The number of amides is 1. The van der Waals surface area contributed by atoms with Crippen molar-refractivity contribution in [1.82, 2.24) is 4.90 Å². The first-order chi connectivity index (χ1) is 9.18. The molecule has 2 rings (SSSR count). The van der Waals surface area contributed by atoms with Crippen LogP contribution in [0.3, 0.4) is 0 Å². The third-order valence-electron chi connectivity index (χ3n) is 3.31. The van der Waals surface area contributed by atoms with Crippen LogP contribution in [0.15, 0.2) is 18.2 Å². The van der Waals surface area contributed by atoms with Crippen LogP contribution < -0.4 is 11.1 Å². The SMILES string of the molecule is Cc1cccc(N)c1NCCC(=O)N1CCOCC1. The molecule has 104 valence electrons. The maximum atomic E-state index is 12.0. The van der Waals surface area contributed by atoms with Gasteiger partial charge in [0.2, 0.25) is 5.91 Å². The molecule has 0 unspecified atom stereocenters. The second-order valence-electron chi connectivity index (χ2n) is 4.71. The number of hydrogen-bond acceptors (Lipinski definition) is 4. The maximum absolute atomic E-state index is 12.0. The first-order valence-corrected chi connectivity index (χ1v) is 6.63. The number of morpholine rings is 1. The van der Waals surface area contributed by atoms with Crippen molar-refractivity contribution in [2.45, 2.75) is 13.3 Å². The fraction of sp³-hybridized carbons (Fsp3) is 0.500. The normalized spacial score (nSPS) is 15.3. The Hall–Kier alpha value is -1.75. The summed E-state index contributed by atoms with van der Waals surface area (Å²) < 4.78 is 5.23. The van der Waals surface area contributed by atoms with E-state index in [1.165, 1.54) is 0 Å². The summed E-state index contributed by atoms with van der Waals surface area (Å²) in [5, 5.41) is 3.25. The van der Waals surface area contributed by atoms with Gasteiger partial charge in [0.25, 0.3) is 0 Å². The maximum Gasteiger partial charge on any atom is 0.224 e. The number of nitrogen functional groups attached to an aromatic ring is 1. The van der Waals surface area contributed by atoms with Gasteiger partial charge in [0.1, 0.15) is 0 Å². The summed E-state index contributed by atoms with van der Waals surface area (Å²) in [5.41, 5.74) is 8.65. The van der Waals surface area contributed by atoms with Crippen molar-refractivity contribution in [3.63, 3.8) is 0 Å². The van der Waals surface area contributed by atoms with Crippen LogP contribution >= 0.6 is 0 Å². The molecule has 0 aromatic heterocycles. The molecule has 0 bridgehead atoms. The van der Waals surface area contributed by atoms with Crippen molar-refractivity contribution >= 4 is 17.3 Å². The molecule has 5 nitrogen and oxygen atoms in total. The lowest BCUT2D eigenvalue weighted by Gasteiger charge is -2.27. The molecule has 0 spiro atoms. The highest BCUT2D eigenvalue weighted by Gasteiger charge is 2.16. The molecule has 5 heteroatoms. The molecule has 1 amide bonds. The Morgan fingerprint density at radius 3 is 2.84 bits per heavy atom. The van der Waals surface area contributed by atoms with Gasteiger partial charge in [0.15, 0.2) is 0 Å². The van der Waals surface area contributed by atoms with Crippen molar-refractivity contribution in [1.29, 1.82) is 0 Å². The van der Waals surface area contributed by atoms with Crippen molar-refractivity contribution in [3.8, 4) is 0 Å². The zero-order valence-corrected chi connectivity index (χ0v) is 11.3. The smallest absolute Gasteiger partial charge is 0.224 e. The van der Waals surface area contributed by atoms with Crippen LogP contribution in [0.25, 0.3) is 0 Å². The number of ether oxygens (including phenoxy) is 1. The van der Waals surface area contributed by atoms with E-state index in [1.807, 2.05) is 30.0 Å². The predicted octanol–water partition coefficient (Wildman–Crippen LogP) is 1.24. The zero-order chi connectivity index (χ0) is 13.7. The first kappa shape index (κ1) is 13.7. The van der Waals surface area contributed by atoms with E-state index in [4.69, 9.17) is 10.5 Å². The number of hydrogen-bond donors (Lipinski definition) is 2. The lowest BCUT2D eigenvalue weighted by Crippen LogP contribution is -2.41. The van der Waals surface area contributed by atoms with Crippen LogP contribution in [0.5, 0.6) is 0 Å². The van der Waals surface area contributed by atoms with Crippen LogP contribution in [0.1, 0.15) is 12.0 Å². The van der Waals surface area contributed by atoms with E-state index in [1.54, 1.807) is 0 Å². The molecule has 1 aliphatic rings. The molecule has 0 aliphatic carbocycles. The molecule has 1 aromatic rings. The second kappa shape index (κ2) is 6.43. The number of benzene rings is 1. The largest absolute Gasteiger partial charge is 0.397 e. The molecule has 1 aromatic carbocycles. The first-order valence-electron chi connectivity index (χ1n) is 6.63. The Labute approximate surface area is 113 Å². The van der Waals surface area contributed by atoms with Crippen LogP contribution in [-0.2, 0) is 9.53 Å². The van der Waals surface area contributed by atoms with E-state index in [2.05, 4.69) is 5.32 Å². The second-order valence-corrected chi connectivity index (χ2v) is 4.71. The number of carbonyl (C=O) groups excluding carboxylic acids is 1. The van der Waals surface area contributed by atoms with Crippen LogP contribution in [0.4, 0.5) is 11.4 Å². The fourth-order valence-electron chi connectivity index (χ4n) is 2.20. The molecule has 19 heavy (non-hydrogen) atoms.